The van der Waals surface area contributed by atoms with Crippen LogP contribution in [-0.4, -0.2) is 14.5 Å². The predicted molar refractivity (Wildman–Crippen MR) is 75.7 cm³/mol. The summed E-state index contributed by atoms with van der Waals surface area (Å²) in [5.74, 6) is 0.389. The number of nitrogens with one attached hydrogen (secondary N) is 1. The van der Waals surface area contributed by atoms with E-state index in [2.05, 4.69) is 27.6 Å². The molecule has 2 rings (SSSR count). The van der Waals surface area contributed by atoms with Gasteiger partial charge < -0.3 is 5.73 Å². The second-order valence-corrected chi connectivity index (χ2v) is 7.36. The lowest BCUT2D eigenvalue weighted by molar-refractivity contribution is 0.476. The lowest BCUT2D eigenvalue weighted by Gasteiger charge is -2.18. The molecule has 1 aliphatic rings. The second-order valence-electron chi connectivity index (χ2n) is 4.83. The first kappa shape index (κ1) is 13.8. The highest BCUT2D eigenvalue weighted by Gasteiger charge is 2.29. The van der Waals surface area contributed by atoms with Crippen molar-refractivity contribution in [1.29, 1.82) is 0 Å². The Balaban J connectivity index is 2.28. The number of halogens is 1. The molecule has 0 spiro atoms. The number of nitrogens with two attached hydrogens (primary N) is 1. The molecule has 2 unspecified atom stereocenters. The molecular weight excluding hydrogens is 316 g/mol. The van der Waals surface area contributed by atoms with Crippen molar-refractivity contribution in [3.05, 3.63) is 22.7 Å². The molecule has 0 heterocycles. The van der Waals surface area contributed by atoms with E-state index in [9.17, 15) is 8.42 Å². The van der Waals surface area contributed by atoms with Crippen LogP contribution in [0.3, 0.4) is 0 Å². The standard InChI is InChI=1S/C12H17BrN2O2S/c1-8-3-2-4-11(8)15-18(16,17)12-7-9(14)5-6-10(12)13/h5-8,11,15H,2-4,14H2,1H3. The van der Waals surface area contributed by atoms with Gasteiger partial charge in [-0.15, -0.1) is 0 Å². The highest BCUT2D eigenvalue weighted by Crippen LogP contribution is 2.29. The van der Waals surface area contributed by atoms with Crippen molar-refractivity contribution < 1.29 is 8.42 Å². The predicted octanol–water partition coefficient (Wildman–Crippen LogP) is 2.50. The van der Waals surface area contributed by atoms with Crippen molar-refractivity contribution in [2.45, 2.75) is 37.1 Å². The van der Waals surface area contributed by atoms with Crippen LogP contribution >= 0.6 is 15.9 Å². The van der Waals surface area contributed by atoms with Crippen molar-refractivity contribution in [1.82, 2.24) is 4.72 Å². The second kappa shape index (κ2) is 5.19. The van der Waals surface area contributed by atoms with E-state index in [-0.39, 0.29) is 10.9 Å². The number of sulfonamides is 1. The van der Waals surface area contributed by atoms with Gasteiger partial charge in [0.05, 0.1) is 4.90 Å². The monoisotopic (exact) mass is 332 g/mol. The number of hydrogen-bond acceptors (Lipinski definition) is 3. The molecule has 0 radical (unpaired) electrons. The number of rotatable bonds is 3. The van der Waals surface area contributed by atoms with Gasteiger partial charge in [-0.1, -0.05) is 13.3 Å². The van der Waals surface area contributed by atoms with Gasteiger partial charge in [0.15, 0.2) is 0 Å². The summed E-state index contributed by atoms with van der Waals surface area (Å²) in [6.07, 6.45) is 3.05. The molecule has 2 atom stereocenters. The van der Waals surface area contributed by atoms with E-state index in [4.69, 9.17) is 5.73 Å². The van der Waals surface area contributed by atoms with Crippen LogP contribution < -0.4 is 10.5 Å². The van der Waals surface area contributed by atoms with Crippen LogP contribution in [0.25, 0.3) is 0 Å². The maximum atomic E-state index is 12.3. The third-order valence-electron chi connectivity index (χ3n) is 3.41. The zero-order valence-electron chi connectivity index (χ0n) is 10.2. The highest BCUT2D eigenvalue weighted by atomic mass is 79.9. The van der Waals surface area contributed by atoms with Gasteiger partial charge in [-0.3, -0.25) is 0 Å². The quantitative estimate of drug-likeness (QED) is 0.835. The Morgan fingerprint density at radius 2 is 2.11 bits per heavy atom. The molecule has 0 amide bonds. The van der Waals surface area contributed by atoms with Crippen molar-refractivity contribution in [3.8, 4) is 0 Å². The maximum Gasteiger partial charge on any atom is 0.242 e. The molecule has 1 aromatic carbocycles. The fourth-order valence-corrected chi connectivity index (χ4v) is 4.69. The minimum atomic E-state index is -3.51. The summed E-state index contributed by atoms with van der Waals surface area (Å²) < 4.78 is 27.9. The average molecular weight is 333 g/mol. The number of hydrogen-bond donors (Lipinski definition) is 2. The molecule has 0 saturated heterocycles. The molecule has 6 heteroatoms. The van der Waals surface area contributed by atoms with E-state index in [1.165, 1.54) is 6.07 Å². The van der Waals surface area contributed by atoms with Crippen LogP contribution in [-0.2, 0) is 10.0 Å². The van der Waals surface area contributed by atoms with Crippen LogP contribution in [0.5, 0.6) is 0 Å². The Kier molecular flexibility index (Phi) is 3.99. The summed E-state index contributed by atoms with van der Waals surface area (Å²) in [5.41, 5.74) is 6.09. The smallest absolute Gasteiger partial charge is 0.242 e. The molecule has 1 saturated carbocycles. The topological polar surface area (TPSA) is 72.2 Å². The van der Waals surface area contributed by atoms with Crippen LogP contribution in [0.1, 0.15) is 26.2 Å². The zero-order chi connectivity index (χ0) is 13.3. The molecule has 1 aliphatic carbocycles. The number of anilines is 1. The van der Waals surface area contributed by atoms with Crippen molar-refractivity contribution in [2.24, 2.45) is 5.92 Å². The zero-order valence-corrected chi connectivity index (χ0v) is 12.6. The summed E-state index contributed by atoms with van der Waals surface area (Å²) in [6.45, 7) is 2.08. The Labute approximate surface area is 116 Å². The molecule has 4 nitrogen and oxygen atoms in total. The van der Waals surface area contributed by atoms with Crippen molar-refractivity contribution in [3.63, 3.8) is 0 Å². The Morgan fingerprint density at radius 1 is 1.39 bits per heavy atom. The normalized spacial score (nSPS) is 24.3. The molecule has 1 aromatic rings. The Morgan fingerprint density at radius 3 is 2.72 bits per heavy atom. The molecule has 0 bridgehead atoms. The fourth-order valence-electron chi connectivity index (χ4n) is 2.31. The minimum Gasteiger partial charge on any atom is -0.399 e. The van der Waals surface area contributed by atoms with Gasteiger partial charge in [-0.2, -0.15) is 0 Å². The SMILES string of the molecule is CC1CCCC1NS(=O)(=O)c1cc(N)ccc1Br. The van der Waals surface area contributed by atoms with Crippen molar-refractivity contribution in [2.75, 3.05) is 5.73 Å². The van der Waals surface area contributed by atoms with Gasteiger partial charge in [0, 0.05) is 16.2 Å². The summed E-state index contributed by atoms with van der Waals surface area (Å²) in [4.78, 5) is 0.210. The summed E-state index contributed by atoms with van der Waals surface area (Å²) >= 11 is 3.26. The summed E-state index contributed by atoms with van der Waals surface area (Å²) in [6, 6.07) is 4.83. The first-order valence-electron chi connectivity index (χ1n) is 5.97. The largest absolute Gasteiger partial charge is 0.399 e. The van der Waals surface area contributed by atoms with Gasteiger partial charge in [-0.25, -0.2) is 13.1 Å². The van der Waals surface area contributed by atoms with E-state index in [1.807, 2.05) is 0 Å². The Bertz CT molecular complexity index is 545. The number of benzene rings is 1. The first-order valence-corrected chi connectivity index (χ1v) is 8.25. The fraction of sp³-hybridized carbons (Fsp3) is 0.500. The van der Waals surface area contributed by atoms with E-state index in [1.54, 1.807) is 12.1 Å². The molecule has 0 aliphatic heterocycles. The lowest BCUT2D eigenvalue weighted by Crippen LogP contribution is -2.36. The Hall–Kier alpha value is -0.590. The van der Waals surface area contributed by atoms with Crippen molar-refractivity contribution >= 4 is 31.6 Å². The highest BCUT2D eigenvalue weighted by molar-refractivity contribution is 9.10. The molecule has 18 heavy (non-hydrogen) atoms. The maximum absolute atomic E-state index is 12.3. The molecule has 3 N–H and O–H groups in total. The molecule has 100 valence electrons. The van der Waals surface area contributed by atoms with Gasteiger partial charge in [0.2, 0.25) is 10.0 Å². The van der Waals surface area contributed by atoms with Gasteiger partial charge in [0.25, 0.3) is 0 Å². The minimum absolute atomic E-state index is 0.0309. The molecule has 0 aromatic heterocycles. The van der Waals surface area contributed by atoms with Crippen LogP contribution in [0.2, 0.25) is 0 Å². The summed E-state index contributed by atoms with van der Waals surface area (Å²) in [5, 5.41) is 0. The van der Waals surface area contributed by atoms with E-state index < -0.39 is 10.0 Å². The lowest BCUT2D eigenvalue weighted by atomic mass is 10.1. The molecular formula is C12H17BrN2O2S. The summed E-state index contributed by atoms with van der Waals surface area (Å²) in [7, 11) is -3.51. The van der Waals surface area contributed by atoms with E-state index in [0.717, 1.165) is 19.3 Å². The van der Waals surface area contributed by atoms with Crippen LogP contribution in [0.15, 0.2) is 27.6 Å². The molecule has 1 fully saturated rings. The van der Waals surface area contributed by atoms with Gasteiger partial charge in [0.1, 0.15) is 0 Å². The average Bonchev–Trinajstić information content (AvgIpc) is 2.67. The number of nitrogen functional groups attached to an aromatic ring is 1. The van der Waals surface area contributed by atoms with Crippen LogP contribution in [0.4, 0.5) is 5.69 Å². The third kappa shape index (κ3) is 2.87. The van der Waals surface area contributed by atoms with Gasteiger partial charge >= 0.3 is 0 Å². The first-order chi connectivity index (χ1) is 8.40. The van der Waals surface area contributed by atoms with Crippen LogP contribution in [0, 0.1) is 5.92 Å². The van der Waals surface area contributed by atoms with E-state index in [0.29, 0.717) is 16.1 Å². The van der Waals surface area contributed by atoms with Gasteiger partial charge in [-0.05, 0) is 52.9 Å². The third-order valence-corrected chi connectivity index (χ3v) is 5.90. The van der Waals surface area contributed by atoms with E-state index >= 15 is 0 Å².